The van der Waals surface area contributed by atoms with Crippen LogP contribution in [-0.4, -0.2) is 26.7 Å². The van der Waals surface area contributed by atoms with E-state index in [9.17, 15) is 13.2 Å². The molecular weight excluding hydrogens is 354 g/mol. The lowest BCUT2D eigenvalue weighted by atomic mass is 10.2. The molecule has 1 aliphatic rings. The highest BCUT2D eigenvalue weighted by Gasteiger charge is 2.28. The summed E-state index contributed by atoms with van der Waals surface area (Å²) in [5.74, 6) is 0.162. The first-order valence-corrected chi connectivity index (χ1v) is 9.89. The second-order valence-corrected chi connectivity index (χ2v) is 8.13. The Kier molecular flexibility index (Phi) is 4.16. The van der Waals surface area contributed by atoms with Gasteiger partial charge in [-0.15, -0.1) is 0 Å². The number of esters is 1. The Balaban J connectivity index is 1.49. The summed E-state index contributed by atoms with van der Waals surface area (Å²) in [5, 5.41) is 0.944. The van der Waals surface area contributed by atoms with Gasteiger partial charge >= 0.3 is 5.97 Å². The molecule has 3 aromatic rings. The Bertz CT molecular complexity index is 1040. The topological polar surface area (TPSA) is 76.8 Å². The van der Waals surface area contributed by atoms with Gasteiger partial charge in [0.05, 0.1) is 17.0 Å². The van der Waals surface area contributed by atoms with E-state index in [1.807, 2.05) is 30.3 Å². The van der Waals surface area contributed by atoms with Crippen molar-refractivity contribution in [2.45, 2.75) is 13.0 Å². The van der Waals surface area contributed by atoms with Gasteiger partial charge in [0, 0.05) is 11.9 Å². The number of rotatable bonds is 4. The molecule has 7 heteroatoms. The summed E-state index contributed by atoms with van der Waals surface area (Å²) in [6.07, 6.45) is 0.586. The summed E-state index contributed by atoms with van der Waals surface area (Å²) in [6.45, 7) is 0.444. The Labute approximate surface area is 151 Å². The highest BCUT2D eigenvalue weighted by atomic mass is 32.2. The van der Waals surface area contributed by atoms with Crippen LogP contribution < -0.4 is 4.31 Å². The number of carbonyl (C=O) groups is 1. The molecule has 1 aliphatic heterocycles. The van der Waals surface area contributed by atoms with E-state index in [2.05, 4.69) is 0 Å². The molecule has 4 rings (SSSR count). The first-order valence-electron chi connectivity index (χ1n) is 8.28. The van der Waals surface area contributed by atoms with Crippen LogP contribution in [0.2, 0.25) is 0 Å². The number of ether oxygens (including phenoxy) is 1. The largest absolute Gasteiger partial charge is 0.457 e. The monoisotopic (exact) mass is 371 g/mol. The molecule has 0 bridgehead atoms. The molecule has 2 aromatic carbocycles. The standard InChI is InChI=1S/C19H17NO5S/c21-19(24-13-17-12-14-5-1-2-8-18(14)25-17)15-6-3-7-16(11-15)20-9-4-10-26(20,22)23/h1-3,5-8,11-12H,4,9-10,13H2. The predicted molar refractivity (Wildman–Crippen MR) is 97.5 cm³/mol. The van der Waals surface area contributed by atoms with Crippen molar-refractivity contribution in [2.75, 3.05) is 16.6 Å². The van der Waals surface area contributed by atoms with E-state index in [4.69, 9.17) is 9.15 Å². The summed E-state index contributed by atoms with van der Waals surface area (Å²) in [4.78, 5) is 12.3. The van der Waals surface area contributed by atoms with Crippen LogP contribution in [0.15, 0.2) is 59.0 Å². The van der Waals surface area contributed by atoms with Gasteiger partial charge in [0.1, 0.15) is 18.0 Å². The first-order chi connectivity index (χ1) is 12.5. The van der Waals surface area contributed by atoms with E-state index in [0.29, 0.717) is 30.0 Å². The fraction of sp³-hybridized carbons (Fsp3) is 0.211. The van der Waals surface area contributed by atoms with Crippen molar-refractivity contribution < 1.29 is 22.4 Å². The van der Waals surface area contributed by atoms with Crippen LogP contribution in [0, 0.1) is 0 Å². The third kappa shape index (κ3) is 3.17. The summed E-state index contributed by atoms with van der Waals surface area (Å²) < 4.78 is 36.3. The molecule has 0 aliphatic carbocycles. The third-order valence-corrected chi connectivity index (χ3v) is 6.16. The first kappa shape index (κ1) is 16.7. The fourth-order valence-corrected chi connectivity index (χ4v) is 4.60. The van der Waals surface area contributed by atoms with E-state index in [1.165, 1.54) is 4.31 Å². The van der Waals surface area contributed by atoms with Crippen LogP contribution in [-0.2, 0) is 21.4 Å². The molecule has 6 nitrogen and oxygen atoms in total. The normalized spacial score (nSPS) is 16.1. The van der Waals surface area contributed by atoms with E-state index >= 15 is 0 Å². The van der Waals surface area contributed by atoms with Crippen molar-refractivity contribution >= 4 is 32.6 Å². The van der Waals surface area contributed by atoms with Gasteiger partial charge in [0.15, 0.2) is 0 Å². The van der Waals surface area contributed by atoms with Crippen molar-refractivity contribution in [3.8, 4) is 0 Å². The lowest BCUT2D eigenvalue weighted by molar-refractivity contribution is 0.0447. The van der Waals surface area contributed by atoms with Gasteiger partial charge in [0.25, 0.3) is 0 Å². The van der Waals surface area contributed by atoms with Crippen molar-refractivity contribution in [3.63, 3.8) is 0 Å². The van der Waals surface area contributed by atoms with Gasteiger partial charge < -0.3 is 9.15 Å². The maximum atomic E-state index is 12.3. The van der Waals surface area contributed by atoms with E-state index in [0.717, 1.165) is 11.0 Å². The molecule has 0 spiro atoms. The number of fused-ring (bicyclic) bond motifs is 1. The summed E-state index contributed by atoms with van der Waals surface area (Å²) in [6, 6.07) is 15.9. The van der Waals surface area contributed by atoms with Crippen LogP contribution in [0.1, 0.15) is 22.5 Å². The van der Waals surface area contributed by atoms with Crippen molar-refractivity contribution in [1.29, 1.82) is 0 Å². The predicted octanol–water partition coefficient (Wildman–Crippen LogP) is 3.33. The zero-order valence-electron chi connectivity index (χ0n) is 13.9. The zero-order chi connectivity index (χ0) is 18.1. The summed E-state index contributed by atoms with van der Waals surface area (Å²) >= 11 is 0. The number of hydrogen-bond acceptors (Lipinski definition) is 5. The SMILES string of the molecule is O=C(OCc1cc2ccccc2o1)c1cccc(N2CCCS2(=O)=O)c1. The Morgan fingerprint density at radius 2 is 1.96 bits per heavy atom. The summed E-state index contributed by atoms with van der Waals surface area (Å²) in [5.41, 5.74) is 1.53. The number of nitrogens with zero attached hydrogens (tertiary/aromatic N) is 1. The third-order valence-electron chi connectivity index (χ3n) is 4.29. The number of benzene rings is 2. The molecule has 0 radical (unpaired) electrons. The van der Waals surface area contributed by atoms with Crippen LogP contribution in [0.5, 0.6) is 0 Å². The van der Waals surface area contributed by atoms with E-state index in [-0.39, 0.29) is 12.4 Å². The molecule has 26 heavy (non-hydrogen) atoms. The van der Waals surface area contributed by atoms with Crippen LogP contribution >= 0.6 is 0 Å². The van der Waals surface area contributed by atoms with Gasteiger partial charge in [-0.25, -0.2) is 13.2 Å². The minimum Gasteiger partial charge on any atom is -0.457 e. The number of carbonyl (C=O) groups excluding carboxylic acids is 1. The summed E-state index contributed by atoms with van der Waals surface area (Å²) in [7, 11) is -3.29. The Morgan fingerprint density at radius 1 is 1.12 bits per heavy atom. The molecule has 0 amide bonds. The average Bonchev–Trinajstić information content (AvgIpc) is 3.21. The van der Waals surface area contributed by atoms with E-state index < -0.39 is 16.0 Å². The van der Waals surface area contributed by atoms with Crippen molar-refractivity contribution in [3.05, 3.63) is 65.9 Å². The number of para-hydroxylation sites is 1. The average molecular weight is 371 g/mol. The number of anilines is 1. The molecule has 2 heterocycles. The molecule has 0 saturated carbocycles. The van der Waals surface area contributed by atoms with Gasteiger partial charge in [-0.2, -0.15) is 0 Å². The fourth-order valence-electron chi connectivity index (χ4n) is 3.05. The highest BCUT2D eigenvalue weighted by Crippen LogP contribution is 2.25. The Morgan fingerprint density at radius 3 is 2.73 bits per heavy atom. The zero-order valence-corrected chi connectivity index (χ0v) is 14.7. The maximum Gasteiger partial charge on any atom is 0.338 e. The number of sulfonamides is 1. The van der Waals surface area contributed by atoms with Crippen molar-refractivity contribution in [2.24, 2.45) is 0 Å². The molecule has 0 unspecified atom stereocenters. The second kappa shape index (κ2) is 6.49. The molecule has 0 N–H and O–H groups in total. The minimum atomic E-state index is -3.29. The quantitative estimate of drug-likeness (QED) is 0.658. The molecule has 134 valence electrons. The van der Waals surface area contributed by atoms with Gasteiger partial charge in [-0.3, -0.25) is 4.31 Å². The lowest BCUT2D eigenvalue weighted by Crippen LogP contribution is -2.25. The van der Waals surface area contributed by atoms with Crippen LogP contribution in [0.3, 0.4) is 0 Å². The van der Waals surface area contributed by atoms with E-state index in [1.54, 1.807) is 24.3 Å². The molecule has 0 atom stereocenters. The Hall–Kier alpha value is -2.80. The number of furan rings is 1. The molecule has 1 saturated heterocycles. The lowest BCUT2D eigenvalue weighted by Gasteiger charge is -2.17. The maximum absolute atomic E-state index is 12.3. The molecular formula is C19H17NO5S. The van der Waals surface area contributed by atoms with Gasteiger partial charge in [-0.1, -0.05) is 24.3 Å². The molecule has 1 aromatic heterocycles. The van der Waals surface area contributed by atoms with Gasteiger partial charge in [0.2, 0.25) is 10.0 Å². The minimum absolute atomic E-state index is 0.0136. The molecule has 1 fully saturated rings. The van der Waals surface area contributed by atoms with Crippen LogP contribution in [0.25, 0.3) is 11.0 Å². The second-order valence-electron chi connectivity index (χ2n) is 6.12. The van der Waals surface area contributed by atoms with Crippen LogP contribution in [0.4, 0.5) is 5.69 Å². The number of hydrogen-bond donors (Lipinski definition) is 0. The highest BCUT2D eigenvalue weighted by molar-refractivity contribution is 7.93. The van der Waals surface area contributed by atoms with Crippen molar-refractivity contribution in [1.82, 2.24) is 0 Å². The van der Waals surface area contributed by atoms with Gasteiger partial charge in [-0.05, 0) is 36.8 Å². The smallest absolute Gasteiger partial charge is 0.338 e.